The van der Waals surface area contributed by atoms with Crippen molar-refractivity contribution in [1.82, 2.24) is 35.2 Å². The first-order chi connectivity index (χ1) is 17.5. The highest BCUT2D eigenvalue weighted by Crippen LogP contribution is 2.33. The Bertz CT molecular complexity index is 1420. The van der Waals surface area contributed by atoms with Gasteiger partial charge in [-0.3, -0.25) is 15.0 Å². The summed E-state index contributed by atoms with van der Waals surface area (Å²) in [5.74, 6) is 0.292. The van der Waals surface area contributed by atoms with E-state index in [1.807, 2.05) is 21.8 Å². The fourth-order valence-electron chi connectivity index (χ4n) is 4.31. The molecule has 11 nitrogen and oxygen atoms in total. The van der Waals surface area contributed by atoms with Crippen molar-refractivity contribution in [2.24, 2.45) is 0 Å². The molecule has 1 aromatic carbocycles. The van der Waals surface area contributed by atoms with Gasteiger partial charge in [-0.2, -0.15) is 5.10 Å². The normalized spacial score (nSPS) is 15.9. The van der Waals surface area contributed by atoms with Gasteiger partial charge in [-0.15, -0.1) is 0 Å². The number of hydrogen-bond acceptors (Lipinski definition) is 8. The van der Waals surface area contributed by atoms with Crippen molar-refractivity contribution in [3.63, 3.8) is 0 Å². The number of fused-ring (bicyclic) bond motifs is 1. The summed E-state index contributed by atoms with van der Waals surface area (Å²) in [7, 11) is 0. The second kappa shape index (κ2) is 9.92. The molecule has 0 unspecified atom stereocenters. The highest BCUT2D eigenvalue weighted by molar-refractivity contribution is 6.04. The van der Waals surface area contributed by atoms with Gasteiger partial charge in [0.05, 0.1) is 11.4 Å². The predicted octanol–water partition coefficient (Wildman–Crippen LogP) is 2.58. The molecule has 1 aliphatic heterocycles. The fourth-order valence-corrected chi connectivity index (χ4v) is 4.31. The van der Waals surface area contributed by atoms with Crippen LogP contribution in [0.15, 0.2) is 67.6 Å². The molecule has 182 valence electrons. The third-order valence-electron chi connectivity index (χ3n) is 6.04. The summed E-state index contributed by atoms with van der Waals surface area (Å²) in [6.45, 7) is 4.81. The zero-order valence-corrected chi connectivity index (χ0v) is 19.5. The predicted molar refractivity (Wildman–Crippen MR) is 136 cm³/mol. The molecule has 0 radical (unpaired) electrons. The van der Waals surface area contributed by atoms with Crippen molar-refractivity contribution >= 4 is 34.5 Å². The summed E-state index contributed by atoms with van der Waals surface area (Å²) in [5, 5.41) is 10.2. The van der Waals surface area contributed by atoms with E-state index in [-0.39, 0.29) is 17.9 Å². The van der Waals surface area contributed by atoms with Crippen LogP contribution < -0.4 is 16.5 Å². The number of pyridine rings is 1. The molecule has 1 atom stereocenters. The Morgan fingerprint density at radius 2 is 1.94 bits per heavy atom. The molecule has 4 heterocycles. The molecule has 4 aromatic rings. The van der Waals surface area contributed by atoms with E-state index < -0.39 is 0 Å². The number of nitrogen functional groups attached to an aromatic ring is 1. The van der Waals surface area contributed by atoms with Gasteiger partial charge in [0, 0.05) is 30.4 Å². The summed E-state index contributed by atoms with van der Waals surface area (Å²) in [6, 6.07) is 12.4. The molecular formula is C25H25N9O2. The number of anilines is 2. The highest BCUT2D eigenvalue weighted by atomic mass is 16.2. The summed E-state index contributed by atoms with van der Waals surface area (Å²) < 4.78 is 1.86. The number of carbonyl (C=O) groups excluding carboxylic acids is 2. The lowest BCUT2D eigenvalue weighted by Crippen LogP contribution is -2.47. The Labute approximate surface area is 207 Å². The summed E-state index contributed by atoms with van der Waals surface area (Å²) in [4.78, 5) is 37.2. The highest BCUT2D eigenvalue weighted by Gasteiger charge is 2.27. The van der Waals surface area contributed by atoms with Crippen molar-refractivity contribution in [3.05, 3.63) is 73.2 Å². The molecule has 1 aliphatic rings. The number of piperidine rings is 1. The lowest BCUT2D eigenvalue weighted by molar-refractivity contribution is -0.121. The molecular weight excluding hydrogens is 458 g/mol. The molecule has 0 saturated carbocycles. The summed E-state index contributed by atoms with van der Waals surface area (Å²) in [6.07, 6.45) is 6.03. The van der Waals surface area contributed by atoms with E-state index in [0.717, 1.165) is 24.9 Å². The summed E-state index contributed by atoms with van der Waals surface area (Å²) in [5.41, 5.74) is 11.6. The second-order valence-corrected chi connectivity index (χ2v) is 8.42. The Morgan fingerprint density at radius 1 is 1.11 bits per heavy atom. The number of benzene rings is 1. The number of nitrogens with one attached hydrogen (secondary N) is 2. The van der Waals surface area contributed by atoms with Crippen molar-refractivity contribution in [2.75, 3.05) is 24.1 Å². The monoisotopic (exact) mass is 483 g/mol. The van der Waals surface area contributed by atoms with E-state index in [9.17, 15) is 9.59 Å². The first-order valence-electron chi connectivity index (χ1n) is 11.5. The first-order valence-corrected chi connectivity index (χ1v) is 11.5. The lowest BCUT2D eigenvalue weighted by atomic mass is 10.1. The molecule has 2 amide bonds. The number of aromatic nitrogens is 5. The van der Waals surface area contributed by atoms with Gasteiger partial charge < -0.3 is 11.1 Å². The standard InChI is InChI=1S/C25H25N9O2/c1-2-20(35)31-33-13-5-6-18(14-33)34-24-21(23(26)28-15-29-24)22(32-34)16-8-10-17(11-9-16)25(36)30-19-7-3-4-12-27-19/h2-4,7-12,15,18H,1,5-6,13-14H2,(H,31,35)(H2,26,28,29)(H,27,30,36)/t18-/m1/s1. The number of hydrogen-bond donors (Lipinski definition) is 3. The second-order valence-electron chi connectivity index (χ2n) is 8.42. The average Bonchev–Trinajstić information content (AvgIpc) is 3.30. The Kier molecular flexibility index (Phi) is 6.37. The van der Waals surface area contributed by atoms with Gasteiger partial charge in [0.15, 0.2) is 5.65 Å². The van der Waals surface area contributed by atoms with E-state index in [1.165, 1.54) is 12.4 Å². The SMILES string of the molecule is C=CC(=O)NN1CCC[C@@H](n2nc(-c3ccc(C(=O)Nc4ccccn4)cc3)c3c(N)ncnc32)C1. The maximum absolute atomic E-state index is 12.6. The van der Waals surface area contributed by atoms with Crippen molar-refractivity contribution in [1.29, 1.82) is 0 Å². The maximum Gasteiger partial charge on any atom is 0.257 e. The van der Waals surface area contributed by atoms with E-state index in [0.29, 0.717) is 40.5 Å². The number of hydrazine groups is 1. The van der Waals surface area contributed by atoms with E-state index >= 15 is 0 Å². The number of rotatable bonds is 6. The van der Waals surface area contributed by atoms with Crippen LogP contribution in [0, 0.1) is 0 Å². The minimum atomic E-state index is -0.262. The van der Waals surface area contributed by atoms with E-state index in [4.69, 9.17) is 10.8 Å². The average molecular weight is 484 g/mol. The molecule has 3 aromatic heterocycles. The molecule has 1 fully saturated rings. The van der Waals surface area contributed by atoms with Crippen LogP contribution in [0.25, 0.3) is 22.3 Å². The van der Waals surface area contributed by atoms with Gasteiger partial charge >= 0.3 is 0 Å². The van der Waals surface area contributed by atoms with Crippen molar-refractivity contribution in [2.45, 2.75) is 18.9 Å². The summed E-state index contributed by atoms with van der Waals surface area (Å²) >= 11 is 0. The molecule has 5 rings (SSSR count). The maximum atomic E-state index is 12.6. The van der Waals surface area contributed by atoms with E-state index in [1.54, 1.807) is 36.5 Å². The van der Waals surface area contributed by atoms with Crippen LogP contribution in [0.5, 0.6) is 0 Å². The topological polar surface area (TPSA) is 144 Å². The number of amides is 2. The lowest BCUT2D eigenvalue weighted by Gasteiger charge is -2.32. The number of carbonyl (C=O) groups is 2. The molecule has 0 spiro atoms. The van der Waals surface area contributed by atoms with Gasteiger partial charge in [0.2, 0.25) is 0 Å². The van der Waals surface area contributed by atoms with Crippen molar-refractivity contribution < 1.29 is 9.59 Å². The molecule has 0 bridgehead atoms. The van der Waals surface area contributed by atoms with Crippen LogP contribution in [-0.4, -0.2) is 54.6 Å². The van der Waals surface area contributed by atoms with Gasteiger partial charge in [-0.1, -0.05) is 24.8 Å². The Balaban J connectivity index is 1.44. The number of nitrogens with two attached hydrogens (primary N) is 1. The van der Waals surface area contributed by atoms with Crippen LogP contribution in [0.2, 0.25) is 0 Å². The van der Waals surface area contributed by atoms with E-state index in [2.05, 4.69) is 32.3 Å². The van der Waals surface area contributed by atoms with Crippen LogP contribution >= 0.6 is 0 Å². The molecule has 36 heavy (non-hydrogen) atoms. The third kappa shape index (κ3) is 4.64. The minimum absolute atomic E-state index is 0.0298. The van der Waals surface area contributed by atoms with Crippen LogP contribution in [0.1, 0.15) is 29.2 Å². The fraction of sp³-hybridized carbons (Fsp3) is 0.200. The Hall–Kier alpha value is -4.64. The van der Waals surface area contributed by atoms with Gasteiger partial charge in [-0.25, -0.2) is 24.6 Å². The largest absolute Gasteiger partial charge is 0.383 e. The minimum Gasteiger partial charge on any atom is -0.383 e. The molecule has 0 aliphatic carbocycles. The van der Waals surface area contributed by atoms with Crippen LogP contribution in [0.4, 0.5) is 11.6 Å². The zero-order valence-electron chi connectivity index (χ0n) is 19.5. The van der Waals surface area contributed by atoms with Gasteiger partial charge in [0.1, 0.15) is 23.7 Å². The molecule has 1 saturated heterocycles. The van der Waals surface area contributed by atoms with Gasteiger partial charge in [-0.05, 0) is 43.2 Å². The quantitative estimate of drug-likeness (QED) is 0.355. The van der Waals surface area contributed by atoms with Gasteiger partial charge in [0.25, 0.3) is 11.8 Å². The van der Waals surface area contributed by atoms with Crippen LogP contribution in [-0.2, 0) is 4.79 Å². The third-order valence-corrected chi connectivity index (χ3v) is 6.04. The number of nitrogens with zero attached hydrogens (tertiary/aromatic N) is 6. The first kappa shape index (κ1) is 23.1. The molecule has 4 N–H and O–H groups in total. The Morgan fingerprint density at radius 3 is 2.69 bits per heavy atom. The smallest absolute Gasteiger partial charge is 0.257 e. The zero-order chi connectivity index (χ0) is 25.1. The molecule has 11 heteroatoms. The van der Waals surface area contributed by atoms with Crippen LogP contribution in [0.3, 0.4) is 0 Å². The van der Waals surface area contributed by atoms with Crippen molar-refractivity contribution in [3.8, 4) is 11.3 Å².